The van der Waals surface area contributed by atoms with Crippen LogP contribution in [0, 0.1) is 0 Å². The van der Waals surface area contributed by atoms with E-state index in [4.69, 9.17) is 22.9 Å². The van der Waals surface area contributed by atoms with Crippen LogP contribution in [-0.4, -0.2) is 278 Å². The molecule has 26 nitrogen and oxygen atoms in total. The van der Waals surface area contributed by atoms with Crippen molar-refractivity contribution in [1.29, 1.82) is 0 Å². The Hall–Kier alpha value is -10.7. The molecule has 0 radical (unpaired) electrons. The summed E-state index contributed by atoms with van der Waals surface area (Å²) in [6, 6.07) is 57.0. The molecule has 0 aromatic heterocycles. The molecule has 0 bridgehead atoms. The van der Waals surface area contributed by atoms with Crippen molar-refractivity contribution < 1.29 is 52.7 Å². The largest absolute Gasteiger partial charge is 0.368 e. The molecule has 9 N–H and O–H groups in total. The van der Waals surface area contributed by atoms with Crippen LogP contribution in [0.1, 0.15) is 169 Å². The Morgan fingerprint density at radius 2 is 0.408 bits per heavy atom. The molecule has 6 aromatic carbocycles. The smallest absolute Gasteiger partial charge is 0.242 e. The maximum atomic E-state index is 15.5. The lowest BCUT2D eigenvalue weighted by Gasteiger charge is -2.33. The van der Waals surface area contributed by atoms with Crippen molar-refractivity contribution in [3.05, 3.63) is 215 Å². The van der Waals surface area contributed by atoms with E-state index >= 15 is 33.6 Å². The average Bonchev–Trinajstić information content (AvgIpc) is 0.853. The van der Waals surface area contributed by atoms with Crippen LogP contribution in [0.15, 0.2) is 182 Å². The first kappa shape index (κ1) is 103. The molecule has 0 atom stereocenters. The number of nitrogens with one attached hydrogen (secondary N) is 1. The summed E-state index contributed by atoms with van der Waals surface area (Å²) in [4.78, 5) is 178. The number of benzene rings is 6. The number of rotatable bonds is 67. The molecule has 0 heterocycles. The monoisotopic (exact) mass is 1720 g/mol. The Morgan fingerprint density at radius 3 is 0.616 bits per heavy atom. The maximum absolute atomic E-state index is 15.5. The van der Waals surface area contributed by atoms with Crippen LogP contribution in [-0.2, 0) is 91.3 Å². The van der Waals surface area contributed by atoms with Crippen LogP contribution in [0.2, 0.25) is 0 Å². The van der Waals surface area contributed by atoms with Gasteiger partial charge >= 0.3 is 0 Å². The average molecular weight is 1720 g/mol. The maximum Gasteiger partial charge on any atom is 0.242 e. The Labute approximate surface area is 744 Å². The Kier molecular flexibility index (Phi) is 51.5. The molecule has 0 aliphatic rings. The van der Waals surface area contributed by atoms with Gasteiger partial charge in [-0.05, 0) is 130 Å². The first-order valence-electron chi connectivity index (χ1n) is 45.9. The summed E-state index contributed by atoms with van der Waals surface area (Å²) in [7, 11) is 0. The number of carbonyl (C=O) groups excluding carboxylic acids is 11. The lowest BCUT2D eigenvalue weighted by Crippen LogP contribution is -2.53. The third kappa shape index (κ3) is 42.7. The van der Waals surface area contributed by atoms with E-state index < -0.39 is 105 Å². The summed E-state index contributed by atoms with van der Waals surface area (Å²) < 4.78 is 0. The van der Waals surface area contributed by atoms with Crippen LogP contribution >= 0.6 is 0 Å². The molecule has 6 aromatic rings. The van der Waals surface area contributed by atoms with E-state index in [0.717, 1.165) is 110 Å². The van der Waals surface area contributed by atoms with Crippen molar-refractivity contribution in [2.75, 3.05) is 164 Å². The van der Waals surface area contributed by atoms with E-state index in [1.807, 2.05) is 182 Å². The molecule has 0 fully saturated rings. The molecule has 6 rings (SSSR count). The van der Waals surface area contributed by atoms with E-state index in [9.17, 15) is 19.2 Å². The van der Waals surface area contributed by atoms with Gasteiger partial charge in [-0.1, -0.05) is 286 Å². The summed E-state index contributed by atoms with van der Waals surface area (Å²) >= 11 is 0. The first-order valence-corrected chi connectivity index (χ1v) is 45.9. The minimum Gasteiger partial charge on any atom is -0.368 e. The highest BCUT2D eigenvalue weighted by Gasteiger charge is 2.33. The number of nitrogens with zero attached hydrogens (tertiary/aromatic N) is 10. The molecule has 0 aliphatic heterocycles. The summed E-state index contributed by atoms with van der Waals surface area (Å²) in [6.45, 7) is 2.16. The van der Waals surface area contributed by atoms with Gasteiger partial charge in [0.1, 0.15) is 0 Å². The Balaban J connectivity index is 1.29. The zero-order valence-electron chi connectivity index (χ0n) is 74.9. The number of hydrogen-bond donors (Lipinski definition) is 5. The van der Waals surface area contributed by atoms with Gasteiger partial charge in [0.2, 0.25) is 65.0 Å². The number of hydrogen-bond acceptors (Lipinski definition) is 15. The van der Waals surface area contributed by atoms with E-state index in [2.05, 4.69) is 19.2 Å². The molecule has 0 unspecified atom stereocenters. The van der Waals surface area contributed by atoms with Crippen LogP contribution in [0.3, 0.4) is 0 Å². The number of amides is 11. The summed E-state index contributed by atoms with van der Waals surface area (Å²) in [5.41, 5.74) is 29.2. The van der Waals surface area contributed by atoms with Crippen molar-refractivity contribution in [3.8, 4) is 0 Å². The molecular formula is C99H145N15O11. The molecule has 125 heavy (non-hydrogen) atoms. The SMILES string of the molecule is CCCCCCCCCCN(CC(N)=O)C(=O)CN(CCCCCCCCCC)C(=O)CN(CCc1ccccc1)C(=O)CN(CCc1ccccc1)C(=O)CN(CCCN)C(=O)CN(CCc1ccccc1)C(=O)CN(CCc1ccccc1)C(=O)CN(CCCN)C(=O)CN(CCc1ccccc1)C(=O)CN(CCc1ccccc1)C(=O)CNCCCN. The second-order valence-electron chi connectivity index (χ2n) is 32.6. The minimum absolute atomic E-state index is 0.00685. The minimum atomic E-state index is -0.661. The molecule has 0 aliphatic carbocycles. The van der Waals surface area contributed by atoms with Gasteiger partial charge in [-0.15, -0.1) is 0 Å². The fourth-order valence-corrected chi connectivity index (χ4v) is 14.9. The van der Waals surface area contributed by atoms with E-state index in [1.165, 1.54) is 61.8 Å². The number of primary amides is 1. The third-order valence-electron chi connectivity index (χ3n) is 22.5. The quantitative estimate of drug-likeness (QED) is 0.0222. The van der Waals surface area contributed by atoms with Crippen LogP contribution in [0.4, 0.5) is 0 Å². The molecule has 26 heteroatoms. The van der Waals surface area contributed by atoms with Crippen LogP contribution in [0.25, 0.3) is 0 Å². The number of carbonyl (C=O) groups is 11. The van der Waals surface area contributed by atoms with E-state index in [0.29, 0.717) is 77.4 Å². The molecular weight excluding hydrogens is 1580 g/mol. The van der Waals surface area contributed by atoms with Gasteiger partial charge in [0.05, 0.1) is 72.0 Å². The van der Waals surface area contributed by atoms with Crippen LogP contribution < -0.4 is 28.3 Å². The van der Waals surface area contributed by atoms with Crippen LogP contribution in [0.5, 0.6) is 0 Å². The van der Waals surface area contributed by atoms with Crippen molar-refractivity contribution in [3.63, 3.8) is 0 Å². The van der Waals surface area contributed by atoms with Gasteiger partial charge in [-0.25, -0.2) is 0 Å². The van der Waals surface area contributed by atoms with Gasteiger partial charge in [0.25, 0.3) is 0 Å². The molecule has 0 saturated carbocycles. The zero-order chi connectivity index (χ0) is 89.9. The fraction of sp³-hybridized carbons (Fsp3) is 0.525. The molecule has 0 saturated heterocycles. The highest BCUT2D eigenvalue weighted by atomic mass is 16.2. The van der Waals surface area contributed by atoms with E-state index in [-0.39, 0.29) is 117 Å². The predicted molar refractivity (Wildman–Crippen MR) is 495 cm³/mol. The first-order chi connectivity index (χ1) is 60.8. The van der Waals surface area contributed by atoms with Gasteiger partial charge in [0, 0.05) is 65.4 Å². The summed E-state index contributed by atoms with van der Waals surface area (Å²) in [6.07, 6.45) is 19.5. The summed E-state index contributed by atoms with van der Waals surface area (Å²) in [5, 5.41) is 3.14. The number of nitrogens with two attached hydrogens (primary N) is 4. The fourth-order valence-electron chi connectivity index (χ4n) is 14.9. The Morgan fingerprint density at radius 1 is 0.224 bits per heavy atom. The predicted octanol–water partition coefficient (Wildman–Crippen LogP) is 9.13. The van der Waals surface area contributed by atoms with Crippen molar-refractivity contribution in [2.24, 2.45) is 22.9 Å². The number of unbranched alkanes of at least 4 members (excludes halogenated alkanes) is 14. The van der Waals surface area contributed by atoms with Crippen molar-refractivity contribution in [2.45, 2.75) is 174 Å². The molecule has 0 spiro atoms. The third-order valence-corrected chi connectivity index (χ3v) is 22.5. The van der Waals surface area contributed by atoms with Crippen molar-refractivity contribution >= 4 is 65.0 Å². The Bertz CT molecular complexity index is 4060. The van der Waals surface area contributed by atoms with Crippen molar-refractivity contribution in [1.82, 2.24) is 54.3 Å². The zero-order valence-corrected chi connectivity index (χ0v) is 74.9. The summed E-state index contributed by atoms with van der Waals surface area (Å²) in [5.74, 6) is -5.79. The molecule has 11 amide bonds. The highest BCUT2D eigenvalue weighted by Crippen LogP contribution is 2.17. The lowest BCUT2D eigenvalue weighted by molar-refractivity contribution is -0.149. The van der Waals surface area contributed by atoms with Gasteiger partial charge in [-0.3, -0.25) is 52.7 Å². The second-order valence-corrected chi connectivity index (χ2v) is 32.6. The van der Waals surface area contributed by atoms with E-state index in [1.54, 1.807) is 0 Å². The van der Waals surface area contributed by atoms with Gasteiger partial charge in [-0.2, -0.15) is 0 Å². The van der Waals surface area contributed by atoms with Gasteiger partial charge < -0.3 is 77.3 Å². The molecule has 682 valence electrons. The standard InChI is InChI=1S/C99H145N15O11/c1-3-5-7-9-11-13-15-35-62-105(73-89(103)115)91(117)74-106(63-36-16-14-12-10-8-6-4-2)92(118)78-111(68-54-85-44-27-19-28-45-85)98(124)81-113(70-56-87-48-31-21-32-49-87)96(122)76-108(65-39-60-102)94(120)80-112(69-55-86-46-29-20-30-47-86)99(125)82-114(71-57-88-50-33-22-34-51-88)95(121)75-107(64-38-59-101)93(119)79-110(67-53-84-42-25-18-26-43-84)97(123)77-109(90(116)72-104-61-37-58-100)66-52-83-40-23-17-24-41-83/h17-34,40-51,104H,3-16,35-39,52-82,100-102H2,1-2H3,(H2,103,115). The second kappa shape index (κ2) is 62.4. The highest BCUT2D eigenvalue weighted by molar-refractivity contribution is 5.95. The van der Waals surface area contributed by atoms with Gasteiger partial charge in [0.15, 0.2) is 0 Å². The normalized spacial score (nSPS) is 11.0. The lowest BCUT2D eigenvalue weighted by atomic mass is 10.1. The topological polar surface area (TPSA) is 336 Å².